The Morgan fingerprint density at radius 2 is 2.12 bits per heavy atom. The molecule has 0 spiro atoms. The van der Waals surface area contributed by atoms with Crippen molar-refractivity contribution in [1.29, 1.82) is 5.26 Å². The zero-order valence-corrected chi connectivity index (χ0v) is 12.0. The van der Waals surface area contributed by atoms with Crippen LogP contribution in [-0.2, 0) is 0 Å². The number of benzene rings is 1. The van der Waals surface area contributed by atoms with Crippen LogP contribution >= 0.6 is 23.4 Å². The zero-order valence-electron chi connectivity index (χ0n) is 10.4. The van der Waals surface area contributed by atoms with Crippen molar-refractivity contribution in [3.05, 3.63) is 28.8 Å². The predicted octanol–water partition coefficient (Wildman–Crippen LogP) is 4.16. The lowest BCUT2D eigenvalue weighted by atomic mass is 10.2. The molecule has 4 heteroatoms. The van der Waals surface area contributed by atoms with E-state index in [1.807, 2.05) is 17.8 Å². The van der Waals surface area contributed by atoms with Crippen LogP contribution in [0.1, 0.15) is 26.3 Å². The summed E-state index contributed by atoms with van der Waals surface area (Å²) < 4.78 is 0.278. The van der Waals surface area contributed by atoms with Gasteiger partial charge in [-0.15, -0.1) is 0 Å². The number of nitrogens with zero attached hydrogens (tertiary/aromatic N) is 1. The summed E-state index contributed by atoms with van der Waals surface area (Å²) in [5.41, 5.74) is 1.45. The van der Waals surface area contributed by atoms with Crippen molar-refractivity contribution < 1.29 is 0 Å². The molecule has 0 amide bonds. The second kappa shape index (κ2) is 6.18. The first-order valence-electron chi connectivity index (χ1n) is 5.50. The maximum atomic E-state index is 8.97. The zero-order chi connectivity index (χ0) is 12.9. The summed E-state index contributed by atoms with van der Waals surface area (Å²) in [6.45, 7) is 7.43. The van der Waals surface area contributed by atoms with Gasteiger partial charge in [0, 0.05) is 22.1 Å². The van der Waals surface area contributed by atoms with E-state index in [4.69, 9.17) is 16.9 Å². The average Bonchev–Trinajstić information content (AvgIpc) is 2.24. The molecule has 0 aliphatic carbocycles. The summed E-state index contributed by atoms with van der Waals surface area (Å²) in [7, 11) is 0. The highest BCUT2D eigenvalue weighted by atomic mass is 35.5. The second-order valence-corrected chi connectivity index (χ2v) is 7.05. The standard InChI is InChI=1S/C13H17ClN2S/c1-13(2,3)17-7-6-16-12-5-4-11(14)8-10(12)9-15/h4-5,8,16H,6-7H2,1-3H3. The summed E-state index contributed by atoms with van der Waals surface area (Å²) in [4.78, 5) is 0. The molecular weight excluding hydrogens is 252 g/mol. The molecule has 0 fully saturated rings. The number of hydrogen-bond donors (Lipinski definition) is 1. The Labute approximate surface area is 112 Å². The third-order valence-corrected chi connectivity index (χ3v) is 3.56. The van der Waals surface area contributed by atoms with Crippen LogP contribution in [0.15, 0.2) is 18.2 Å². The number of halogens is 1. The van der Waals surface area contributed by atoms with E-state index in [1.54, 1.807) is 12.1 Å². The molecule has 1 rings (SSSR count). The van der Waals surface area contributed by atoms with Crippen LogP contribution in [0.4, 0.5) is 5.69 Å². The van der Waals surface area contributed by atoms with Gasteiger partial charge in [-0.2, -0.15) is 17.0 Å². The van der Waals surface area contributed by atoms with Crippen molar-refractivity contribution in [3.8, 4) is 6.07 Å². The highest BCUT2D eigenvalue weighted by Gasteiger charge is 2.09. The second-order valence-electron chi connectivity index (χ2n) is 4.69. The lowest BCUT2D eigenvalue weighted by molar-refractivity contribution is 0.802. The van der Waals surface area contributed by atoms with Crippen molar-refractivity contribution in [2.75, 3.05) is 17.6 Å². The van der Waals surface area contributed by atoms with Crippen LogP contribution in [0.2, 0.25) is 5.02 Å². The van der Waals surface area contributed by atoms with Crippen molar-refractivity contribution in [2.24, 2.45) is 0 Å². The normalized spacial score (nSPS) is 11.0. The minimum atomic E-state index is 0.278. The van der Waals surface area contributed by atoms with Crippen molar-refractivity contribution in [3.63, 3.8) is 0 Å². The third-order valence-electron chi connectivity index (χ3n) is 2.05. The maximum absolute atomic E-state index is 8.97. The Morgan fingerprint density at radius 3 is 2.71 bits per heavy atom. The maximum Gasteiger partial charge on any atom is 0.101 e. The lowest BCUT2D eigenvalue weighted by Gasteiger charge is -2.17. The van der Waals surface area contributed by atoms with Crippen molar-refractivity contribution >= 4 is 29.1 Å². The van der Waals surface area contributed by atoms with Gasteiger partial charge in [0.2, 0.25) is 0 Å². The van der Waals surface area contributed by atoms with E-state index < -0.39 is 0 Å². The van der Waals surface area contributed by atoms with Crippen LogP contribution in [0, 0.1) is 11.3 Å². The summed E-state index contributed by atoms with van der Waals surface area (Å²) in [6.07, 6.45) is 0. The van der Waals surface area contributed by atoms with Gasteiger partial charge in [-0.05, 0) is 18.2 Å². The molecule has 0 unspecified atom stereocenters. The van der Waals surface area contributed by atoms with E-state index in [2.05, 4.69) is 32.2 Å². The molecule has 0 saturated carbocycles. The van der Waals surface area contributed by atoms with Gasteiger partial charge in [-0.1, -0.05) is 32.4 Å². The molecule has 17 heavy (non-hydrogen) atoms. The number of rotatable bonds is 4. The molecule has 0 radical (unpaired) electrons. The van der Waals surface area contributed by atoms with Gasteiger partial charge < -0.3 is 5.32 Å². The molecule has 1 aromatic carbocycles. The molecule has 0 aliphatic rings. The molecule has 0 heterocycles. The average molecular weight is 269 g/mol. The predicted molar refractivity (Wildman–Crippen MR) is 76.9 cm³/mol. The fourth-order valence-electron chi connectivity index (χ4n) is 1.31. The van der Waals surface area contributed by atoms with E-state index in [-0.39, 0.29) is 4.75 Å². The van der Waals surface area contributed by atoms with E-state index in [0.717, 1.165) is 18.0 Å². The number of hydrogen-bond acceptors (Lipinski definition) is 3. The van der Waals surface area contributed by atoms with Gasteiger partial charge in [0.15, 0.2) is 0 Å². The molecule has 0 aliphatic heterocycles. The number of nitriles is 1. The highest BCUT2D eigenvalue weighted by molar-refractivity contribution is 8.00. The first-order chi connectivity index (χ1) is 7.92. The first kappa shape index (κ1) is 14.2. The Bertz CT molecular complexity index is 418. The van der Waals surface area contributed by atoms with Crippen LogP contribution in [-0.4, -0.2) is 17.0 Å². The van der Waals surface area contributed by atoms with Crippen LogP contribution < -0.4 is 5.32 Å². The topological polar surface area (TPSA) is 35.8 Å². The molecule has 1 N–H and O–H groups in total. The Balaban J connectivity index is 2.50. The molecule has 0 bridgehead atoms. The van der Waals surface area contributed by atoms with Crippen LogP contribution in [0.25, 0.3) is 0 Å². The highest BCUT2D eigenvalue weighted by Crippen LogP contribution is 2.23. The molecular formula is C13H17ClN2S. The fourth-order valence-corrected chi connectivity index (χ4v) is 2.29. The SMILES string of the molecule is CC(C)(C)SCCNc1ccc(Cl)cc1C#N. The van der Waals surface area contributed by atoms with Gasteiger partial charge in [-0.3, -0.25) is 0 Å². The van der Waals surface area contributed by atoms with E-state index in [9.17, 15) is 0 Å². The summed E-state index contributed by atoms with van der Waals surface area (Å²) in [6, 6.07) is 7.46. The fraction of sp³-hybridized carbons (Fsp3) is 0.462. The molecule has 0 atom stereocenters. The third kappa shape index (κ3) is 5.34. The van der Waals surface area contributed by atoms with Crippen molar-refractivity contribution in [2.45, 2.75) is 25.5 Å². The van der Waals surface area contributed by atoms with E-state index in [1.165, 1.54) is 0 Å². The van der Waals surface area contributed by atoms with Gasteiger partial charge in [-0.25, -0.2) is 0 Å². The van der Waals surface area contributed by atoms with E-state index in [0.29, 0.717) is 10.6 Å². The smallest absolute Gasteiger partial charge is 0.101 e. The lowest BCUT2D eigenvalue weighted by Crippen LogP contribution is -2.13. The first-order valence-corrected chi connectivity index (χ1v) is 6.86. The molecule has 2 nitrogen and oxygen atoms in total. The number of nitrogens with one attached hydrogen (secondary N) is 1. The molecule has 0 saturated heterocycles. The van der Waals surface area contributed by atoms with Gasteiger partial charge in [0.1, 0.15) is 6.07 Å². The van der Waals surface area contributed by atoms with E-state index >= 15 is 0 Å². The largest absolute Gasteiger partial charge is 0.383 e. The van der Waals surface area contributed by atoms with Gasteiger partial charge in [0.05, 0.1) is 11.3 Å². The Kier molecular flexibility index (Phi) is 5.17. The summed E-state index contributed by atoms with van der Waals surface area (Å²) in [5, 5.41) is 12.8. The number of anilines is 1. The minimum Gasteiger partial charge on any atom is -0.383 e. The quantitative estimate of drug-likeness (QED) is 0.833. The molecule has 0 aromatic heterocycles. The summed E-state index contributed by atoms with van der Waals surface area (Å²) >= 11 is 7.73. The van der Waals surface area contributed by atoms with Crippen molar-refractivity contribution in [1.82, 2.24) is 0 Å². The number of thioether (sulfide) groups is 1. The molecule has 92 valence electrons. The minimum absolute atomic E-state index is 0.278. The van der Waals surface area contributed by atoms with Crippen LogP contribution in [0.3, 0.4) is 0 Å². The van der Waals surface area contributed by atoms with Crippen LogP contribution in [0.5, 0.6) is 0 Å². The monoisotopic (exact) mass is 268 g/mol. The molecule has 1 aromatic rings. The van der Waals surface area contributed by atoms with Gasteiger partial charge >= 0.3 is 0 Å². The Hall–Kier alpha value is -0.850. The Morgan fingerprint density at radius 1 is 1.41 bits per heavy atom. The summed E-state index contributed by atoms with van der Waals surface area (Å²) in [5.74, 6) is 1.01. The van der Waals surface area contributed by atoms with Gasteiger partial charge in [0.25, 0.3) is 0 Å².